The summed E-state index contributed by atoms with van der Waals surface area (Å²) in [5.74, 6) is -0.302. The van der Waals surface area contributed by atoms with E-state index in [0.717, 1.165) is 47.9 Å². The number of aryl methyl sites for hydroxylation is 3. The van der Waals surface area contributed by atoms with Crippen molar-refractivity contribution >= 4 is 27.5 Å². The molecule has 202 valence electrons. The van der Waals surface area contributed by atoms with Crippen molar-refractivity contribution in [3.05, 3.63) is 64.7 Å². The molecular formula is C29H41N3O4S. The Hall–Kier alpha value is -2.87. The molecule has 2 aromatic rings. The molecule has 7 nitrogen and oxygen atoms in total. The highest BCUT2D eigenvalue weighted by atomic mass is 32.2. The van der Waals surface area contributed by atoms with Crippen molar-refractivity contribution in [1.82, 2.24) is 10.2 Å². The van der Waals surface area contributed by atoms with Crippen LogP contribution in [0.2, 0.25) is 0 Å². The standard InChI is InChI=1S/C29H41N3O4S/c1-21-12-15-25(16-13-21)20-31(24(4)29(34)30-26-9-6-7-10-26)28(33)11-8-18-32(37(5,35)36)27-17-14-22(2)23(3)19-27/h12-17,19,24,26H,6-11,18,20H2,1-5H3,(H,30,34)/t24-/m0/s1. The first-order valence-electron chi connectivity index (χ1n) is 13.2. The molecule has 0 spiro atoms. The van der Waals surface area contributed by atoms with Crippen LogP contribution in [0.15, 0.2) is 42.5 Å². The van der Waals surface area contributed by atoms with Gasteiger partial charge in [0.15, 0.2) is 0 Å². The second kappa shape index (κ2) is 12.6. The largest absolute Gasteiger partial charge is 0.352 e. The summed E-state index contributed by atoms with van der Waals surface area (Å²) in [4.78, 5) is 28.1. The van der Waals surface area contributed by atoms with E-state index < -0.39 is 16.1 Å². The van der Waals surface area contributed by atoms with Crippen LogP contribution < -0.4 is 9.62 Å². The molecule has 1 aliphatic carbocycles. The van der Waals surface area contributed by atoms with Gasteiger partial charge in [-0.2, -0.15) is 0 Å². The third-order valence-corrected chi connectivity index (χ3v) is 8.47. The molecule has 0 saturated heterocycles. The Bertz CT molecular complexity index is 1190. The van der Waals surface area contributed by atoms with Crippen molar-refractivity contribution in [2.75, 3.05) is 17.1 Å². The van der Waals surface area contributed by atoms with Crippen molar-refractivity contribution in [1.29, 1.82) is 0 Å². The van der Waals surface area contributed by atoms with Gasteiger partial charge in [0.05, 0.1) is 11.9 Å². The zero-order valence-electron chi connectivity index (χ0n) is 22.8. The minimum Gasteiger partial charge on any atom is -0.352 e. The Morgan fingerprint density at radius 3 is 2.24 bits per heavy atom. The summed E-state index contributed by atoms with van der Waals surface area (Å²) in [5.41, 5.74) is 4.77. The van der Waals surface area contributed by atoms with Crippen LogP contribution >= 0.6 is 0 Å². The second-order valence-electron chi connectivity index (χ2n) is 10.4. The summed E-state index contributed by atoms with van der Waals surface area (Å²) in [6, 6.07) is 13.0. The van der Waals surface area contributed by atoms with Crippen LogP contribution in [0.5, 0.6) is 0 Å². The molecule has 0 aromatic heterocycles. The fourth-order valence-corrected chi connectivity index (χ4v) is 5.71. The lowest BCUT2D eigenvalue weighted by Crippen LogP contribution is -2.49. The predicted molar refractivity (Wildman–Crippen MR) is 149 cm³/mol. The number of rotatable bonds is 11. The van der Waals surface area contributed by atoms with Gasteiger partial charge in [0.2, 0.25) is 21.8 Å². The van der Waals surface area contributed by atoms with Gasteiger partial charge >= 0.3 is 0 Å². The van der Waals surface area contributed by atoms with E-state index in [-0.39, 0.29) is 30.8 Å². The summed E-state index contributed by atoms with van der Waals surface area (Å²) < 4.78 is 26.4. The highest BCUT2D eigenvalue weighted by Crippen LogP contribution is 2.23. The minimum atomic E-state index is -3.52. The van der Waals surface area contributed by atoms with Crippen LogP contribution in [0.1, 0.15) is 67.7 Å². The van der Waals surface area contributed by atoms with E-state index in [0.29, 0.717) is 18.7 Å². The van der Waals surface area contributed by atoms with Crippen LogP contribution in [0.3, 0.4) is 0 Å². The summed E-state index contributed by atoms with van der Waals surface area (Å²) in [7, 11) is -3.52. The number of benzene rings is 2. The lowest BCUT2D eigenvalue weighted by molar-refractivity contribution is -0.141. The molecule has 0 heterocycles. The van der Waals surface area contributed by atoms with Crippen LogP contribution in [0.4, 0.5) is 5.69 Å². The number of anilines is 1. The van der Waals surface area contributed by atoms with Crippen molar-refractivity contribution in [3.63, 3.8) is 0 Å². The predicted octanol–water partition coefficient (Wildman–Crippen LogP) is 4.63. The Kier molecular flexibility index (Phi) is 9.76. The van der Waals surface area contributed by atoms with E-state index in [9.17, 15) is 18.0 Å². The van der Waals surface area contributed by atoms with Gasteiger partial charge in [-0.15, -0.1) is 0 Å². The fourth-order valence-electron chi connectivity index (χ4n) is 4.75. The van der Waals surface area contributed by atoms with Crippen LogP contribution in [0, 0.1) is 20.8 Å². The first-order chi connectivity index (χ1) is 17.5. The van der Waals surface area contributed by atoms with Crippen LogP contribution in [-0.2, 0) is 26.2 Å². The molecule has 37 heavy (non-hydrogen) atoms. The zero-order valence-corrected chi connectivity index (χ0v) is 23.6. The minimum absolute atomic E-state index is 0.139. The Labute approximate surface area is 222 Å². The van der Waals surface area contributed by atoms with E-state index in [1.165, 1.54) is 10.6 Å². The van der Waals surface area contributed by atoms with Crippen molar-refractivity contribution in [2.45, 2.75) is 84.8 Å². The number of sulfonamides is 1. The molecule has 0 radical (unpaired) electrons. The average Bonchev–Trinajstić information content (AvgIpc) is 3.35. The van der Waals surface area contributed by atoms with Crippen molar-refractivity contribution in [2.24, 2.45) is 0 Å². The lowest BCUT2D eigenvalue weighted by Gasteiger charge is -2.30. The summed E-state index contributed by atoms with van der Waals surface area (Å²) in [5, 5.41) is 3.11. The summed E-state index contributed by atoms with van der Waals surface area (Å²) >= 11 is 0. The van der Waals surface area contributed by atoms with Crippen molar-refractivity contribution in [3.8, 4) is 0 Å². The van der Waals surface area contributed by atoms with Gasteiger partial charge < -0.3 is 10.2 Å². The number of carbonyl (C=O) groups excluding carboxylic acids is 2. The first-order valence-corrected chi connectivity index (χ1v) is 15.0. The van der Waals surface area contributed by atoms with Gasteiger partial charge in [0.25, 0.3) is 0 Å². The molecule has 1 N–H and O–H groups in total. The number of carbonyl (C=O) groups is 2. The fraction of sp³-hybridized carbons (Fsp3) is 0.517. The van der Waals surface area contributed by atoms with Gasteiger partial charge in [-0.25, -0.2) is 8.42 Å². The average molecular weight is 528 g/mol. The number of amides is 2. The molecule has 1 fully saturated rings. The SMILES string of the molecule is Cc1ccc(CN(C(=O)CCCN(c2ccc(C)c(C)c2)S(C)(=O)=O)[C@@H](C)C(=O)NC2CCCC2)cc1. The number of nitrogens with one attached hydrogen (secondary N) is 1. The third kappa shape index (κ3) is 8.06. The number of nitrogens with zero attached hydrogens (tertiary/aromatic N) is 2. The molecule has 1 aliphatic rings. The summed E-state index contributed by atoms with van der Waals surface area (Å²) in [6.45, 7) is 8.22. The van der Waals surface area contributed by atoms with Gasteiger partial charge in [-0.3, -0.25) is 13.9 Å². The van der Waals surface area contributed by atoms with Gasteiger partial charge in [0.1, 0.15) is 6.04 Å². The van der Waals surface area contributed by atoms with E-state index in [2.05, 4.69) is 5.32 Å². The highest BCUT2D eigenvalue weighted by Gasteiger charge is 2.28. The third-order valence-electron chi connectivity index (χ3n) is 7.27. The first kappa shape index (κ1) is 28.7. The maximum Gasteiger partial charge on any atom is 0.242 e. The van der Waals surface area contributed by atoms with Crippen molar-refractivity contribution < 1.29 is 18.0 Å². The summed E-state index contributed by atoms with van der Waals surface area (Å²) in [6.07, 6.45) is 5.85. The lowest BCUT2D eigenvalue weighted by atomic mass is 10.1. The van der Waals surface area contributed by atoms with E-state index in [1.807, 2.05) is 57.2 Å². The molecule has 0 aliphatic heterocycles. The van der Waals surface area contributed by atoms with Gasteiger partial charge in [0, 0.05) is 25.6 Å². The molecular weight excluding hydrogens is 486 g/mol. The molecule has 0 unspecified atom stereocenters. The van der Waals surface area contributed by atoms with Gasteiger partial charge in [-0.05, 0) is 75.8 Å². The number of hydrogen-bond donors (Lipinski definition) is 1. The Balaban J connectivity index is 1.72. The molecule has 1 atom stereocenters. The Morgan fingerprint density at radius 1 is 1.00 bits per heavy atom. The van der Waals surface area contributed by atoms with Crippen LogP contribution in [0.25, 0.3) is 0 Å². The van der Waals surface area contributed by atoms with Gasteiger partial charge in [-0.1, -0.05) is 48.7 Å². The highest BCUT2D eigenvalue weighted by molar-refractivity contribution is 7.92. The monoisotopic (exact) mass is 527 g/mol. The van der Waals surface area contributed by atoms with E-state index in [4.69, 9.17) is 0 Å². The normalized spacial score (nSPS) is 14.8. The second-order valence-corrected chi connectivity index (χ2v) is 12.3. The van der Waals surface area contributed by atoms with E-state index in [1.54, 1.807) is 17.9 Å². The molecule has 8 heteroatoms. The molecule has 1 saturated carbocycles. The topological polar surface area (TPSA) is 86.8 Å². The zero-order chi connectivity index (χ0) is 27.2. The maximum absolute atomic E-state index is 13.4. The maximum atomic E-state index is 13.4. The van der Waals surface area contributed by atoms with Crippen LogP contribution in [-0.4, -0.2) is 50.0 Å². The molecule has 3 rings (SSSR count). The molecule has 2 amide bonds. The molecule has 0 bridgehead atoms. The number of hydrogen-bond acceptors (Lipinski definition) is 4. The molecule has 2 aromatic carbocycles. The quantitative estimate of drug-likeness (QED) is 0.461. The van der Waals surface area contributed by atoms with E-state index >= 15 is 0 Å². The Morgan fingerprint density at radius 2 is 1.65 bits per heavy atom. The smallest absolute Gasteiger partial charge is 0.242 e.